The molecule has 0 saturated carbocycles. The largest absolute Gasteiger partial charge is 0.456 e. The fourth-order valence-corrected chi connectivity index (χ4v) is 4.97. The first-order chi connectivity index (χ1) is 17.0. The molecule has 3 aromatic heterocycles. The molecule has 8 nitrogen and oxygen atoms in total. The SMILES string of the molecule is Cc1nc2ccc(Oc3ccc4ncc(-c5cn(CC6CCNCC6)nc5C)nc4c3Cl)cc2[nH]1. The molecule has 0 atom stereocenters. The summed E-state index contributed by atoms with van der Waals surface area (Å²) in [7, 11) is 0. The molecule has 178 valence electrons. The van der Waals surface area contributed by atoms with Crippen molar-refractivity contribution in [1.82, 2.24) is 35.0 Å². The van der Waals surface area contributed by atoms with E-state index in [-0.39, 0.29) is 0 Å². The van der Waals surface area contributed by atoms with E-state index in [0.29, 0.717) is 33.5 Å². The molecule has 0 amide bonds. The van der Waals surface area contributed by atoms with Gasteiger partial charge in [0.2, 0.25) is 0 Å². The standard InChI is InChI=1S/C26H26ClN7O/c1-15-19(14-34(33-15)13-17-7-9-28-10-8-17)23-12-29-21-5-6-24(25(27)26(21)32-23)35-18-3-4-20-22(11-18)31-16(2)30-20/h3-6,11-12,14,17,28H,7-10,13H2,1-2H3,(H,30,31). The highest BCUT2D eigenvalue weighted by Crippen LogP contribution is 2.36. The minimum absolute atomic E-state index is 0.428. The average Bonchev–Trinajstić information content (AvgIpc) is 3.42. The molecule has 0 aliphatic carbocycles. The van der Waals surface area contributed by atoms with Gasteiger partial charge in [-0.1, -0.05) is 11.6 Å². The molecule has 5 aromatic rings. The number of piperidine rings is 1. The molecule has 1 fully saturated rings. The van der Waals surface area contributed by atoms with Crippen LogP contribution in [-0.2, 0) is 6.54 Å². The van der Waals surface area contributed by atoms with Gasteiger partial charge >= 0.3 is 0 Å². The summed E-state index contributed by atoms with van der Waals surface area (Å²) in [4.78, 5) is 17.1. The van der Waals surface area contributed by atoms with E-state index in [4.69, 9.17) is 26.4 Å². The number of aromatic nitrogens is 6. The van der Waals surface area contributed by atoms with Crippen molar-refractivity contribution in [3.8, 4) is 22.8 Å². The van der Waals surface area contributed by atoms with Crippen LogP contribution in [0.2, 0.25) is 5.02 Å². The highest BCUT2D eigenvalue weighted by molar-refractivity contribution is 6.36. The molecule has 1 aliphatic heterocycles. The zero-order chi connectivity index (χ0) is 23.9. The van der Waals surface area contributed by atoms with Crippen LogP contribution in [0.25, 0.3) is 33.3 Å². The Morgan fingerprint density at radius 2 is 1.91 bits per heavy atom. The van der Waals surface area contributed by atoms with Crippen molar-refractivity contribution in [3.63, 3.8) is 0 Å². The van der Waals surface area contributed by atoms with Gasteiger partial charge in [0.1, 0.15) is 27.9 Å². The van der Waals surface area contributed by atoms with Crippen molar-refractivity contribution in [2.24, 2.45) is 5.92 Å². The van der Waals surface area contributed by atoms with Gasteiger partial charge in [-0.3, -0.25) is 9.67 Å². The normalized spacial score (nSPS) is 14.7. The maximum Gasteiger partial charge on any atom is 0.148 e. The van der Waals surface area contributed by atoms with Gasteiger partial charge in [-0.25, -0.2) is 9.97 Å². The summed E-state index contributed by atoms with van der Waals surface area (Å²) in [6.07, 6.45) is 6.21. The maximum atomic E-state index is 6.77. The van der Waals surface area contributed by atoms with Crippen LogP contribution >= 0.6 is 11.6 Å². The summed E-state index contributed by atoms with van der Waals surface area (Å²) in [5.41, 5.74) is 5.77. The zero-order valence-corrected chi connectivity index (χ0v) is 20.4. The lowest BCUT2D eigenvalue weighted by Gasteiger charge is -2.22. The highest BCUT2D eigenvalue weighted by atomic mass is 35.5. The van der Waals surface area contributed by atoms with Crippen LogP contribution in [0.4, 0.5) is 0 Å². The summed E-state index contributed by atoms with van der Waals surface area (Å²) in [6.45, 7) is 7.01. The number of nitrogens with one attached hydrogen (secondary N) is 2. The van der Waals surface area contributed by atoms with Crippen LogP contribution in [0, 0.1) is 19.8 Å². The van der Waals surface area contributed by atoms with E-state index in [2.05, 4.69) is 26.5 Å². The van der Waals surface area contributed by atoms with Gasteiger partial charge in [0.25, 0.3) is 0 Å². The molecule has 1 saturated heterocycles. The first-order valence-electron chi connectivity index (χ1n) is 11.9. The quantitative estimate of drug-likeness (QED) is 0.343. The minimum atomic E-state index is 0.428. The van der Waals surface area contributed by atoms with Crippen molar-refractivity contribution in [3.05, 3.63) is 59.3 Å². The van der Waals surface area contributed by atoms with Crippen LogP contribution in [0.15, 0.2) is 42.7 Å². The molecule has 2 aromatic carbocycles. The molecule has 0 bridgehead atoms. The summed E-state index contributed by atoms with van der Waals surface area (Å²) in [5, 5.41) is 8.59. The minimum Gasteiger partial charge on any atom is -0.456 e. The monoisotopic (exact) mass is 487 g/mol. The first-order valence-corrected chi connectivity index (χ1v) is 12.3. The maximum absolute atomic E-state index is 6.77. The van der Waals surface area contributed by atoms with Crippen molar-refractivity contribution < 1.29 is 4.74 Å². The van der Waals surface area contributed by atoms with Crippen LogP contribution in [0.3, 0.4) is 0 Å². The van der Waals surface area contributed by atoms with Gasteiger partial charge in [0.15, 0.2) is 0 Å². The average molecular weight is 488 g/mol. The molecule has 35 heavy (non-hydrogen) atoms. The Bertz CT molecular complexity index is 1530. The summed E-state index contributed by atoms with van der Waals surface area (Å²) >= 11 is 6.77. The van der Waals surface area contributed by atoms with E-state index >= 15 is 0 Å². The number of aromatic amines is 1. The second kappa shape index (κ2) is 8.94. The summed E-state index contributed by atoms with van der Waals surface area (Å²) in [6, 6.07) is 9.41. The molecular formula is C26H26ClN7O. The van der Waals surface area contributed by atoms with E-state index in [1.54, 1.807) is 6.20 Å². The third-order valence-corrected chi connectivity index (χ3v) is 6.91. The van der Waals surface area contributed by atoms with Crippen LogP contribution in [0.5, 0.6) is 11.5 Å². The number of hydrogen-bond donors (Lipinski definition) is 2. The Morgan fingerprint density at radius 3 is 2.77 bits per heavy atom. The number of hydrogen-bond acceptors (Lipinski definition) is 6. The zero-order valence-electron chi connectivity index (χ0n) is 19.7. The molecule has 0 radical (unpaired) electrons. The Kier molecular flexibility index (Phi) is 5.62. The number of nitrogens with zero attached hydrogens (tertiary/aromatic N) is 5. The van der Waals surface area contributed by atoms with E-state index in [1.807, 2.05) is 48.9 Å². The second-order valence-electron chi connectivity index (χ2n) is 9.15. The molecule has 0 spiro atoms. The lowest BCUT2D eigenvalue weighted by molar-refractivity contribution is 0.321. The number of imidazole rings is 1. The lowest BCUT2D eigenvalue weighted by Crippen LogP contribution is -2.30. The van der Waals surface area contributed by atoms with E-state index in [9.17, 15) is 0 Å². The Labute approximate surface area is 207 Å². The molecule has 1 aliphatic rings. The molecule has 6 rings (SSSR count). The van der Waals surface area contributed by atoms with E-state index in [0.717, 1.165) is 53.4 Å². The predicted molar refractivity (Wildman–Crippen MR) is 137 cm³/mol. The van der Waals surface area contributed by atoms with Gasteiger partial charge in [-0.2, -0.15) is 5.10 Å². The van der Waals surface area contributed by atoms with Gasteiger partial charge in [-0.05, 0) is 70.0 Å². The third kappa shape index (κ3) is 4.35. The number of fused-ring (bicyclic) bond motifs is 2. The van der Waals surface area contributed by atoms with Gasteiger partial charge < -0.3 is 15.0 Å². The number of ether oxygens (including phenoxy) is 1. The molecule has 2 N–H and O–H groups in total. The fourth-order valence-electron chi connectivity index (χ4n) is 4.73. The van der Waals surface area contributed by atoms with Crippen molar-refractivity contribution >= 4 is 33.7 Å². The lowest BCUT2D eigenvalue weighted by atomic mass is 9.98. The van der Waals surface area contributed by atoms with Gasteiger partial charge in [0.05, 0.1) is 34.1 Å². The Morgan fingerprint density at radius 1 is 1.09 bits per heavy atom. The molecular weight excluding hydrogens is 462 g/mol. The van der Waals surface area contributed by atoms with Crippen LogP contribution in [-0.4, -0.2) is 42.8 Å². The van der Waals surface area contributed by atoms with Crippen molar-refractivity contribution in [1.29, 1.82) is 0 Å². The van der Waals surface area contributed by atoms with E-state index in [1.165, 1.54) is 12.8 Å². The Balaban J connectivity index is 1.30. The van der Waals surface area contributed by atoms with Gasteiger partial charge in [-0.15, -0.1) is 0 Å². The smallest absolute Gasteiger partial charge is 0.148 e. The summed E-state index contributed by atoms with van der Waals surface area (Å²) in [5.74, 6) is 2.70. The molecule has 4 heterocycles. The van der Waals surface area contributed by atoms with Crippen LogP contribution < -0.4 is 10.1 Å². The van der Waals surface area contributed by atoms with Crippen molar-refractivity contribution in [2.75, 3.05) is 13.1 Å². The molecule has 0 unspecified atom stereocenters. The summed E-state index contributed by atoms with van der Waals surface area (Å²) < 4.78 is 8.17. The third-order valence-electron chi connectivity index (χ3n) is 6.54. The van der Waals surface area contributed by atoms with E-state index < -0.39 is 0 Å². The fraction of sp³-hybridized carbons (Fsp3) is 0.308. The topological polar surface area (TPSA) is 93.5 Å². The first kappa shape index (κ1) is 22.0. The van der Waals surface area contributed by atoms with Gasteiger partial charge in [0, 0.05) is 24.4 Å². The Hall–Kier alpha value is -3.49. The molecule has 9 heteroatoms. The number of halogens is 1. The predicted octanol–water partition coefficient (Wildman–Crippen LogP) is 5.43. The second-order valence-corrected chi connectivity index (χ2v) is 9.53. The van der Waals surface area contributed by atoms with Crippen LogP contribution in [0.1, 0.15) is 24.4 Å². The van der Waals surface area contributed by atoms with Crippen molar-refractivity contribution in [2.45, 2.75) is 33.2 Å². The highest BCUT2D eigenvalue weighted by Gasteiger charge is 2.18. The number of benzene rings is 2. The number of H-pyrrole nitrogens is 1. The number of aryl methyl sites for hydroxylation is 2. The number of rotatable bonds is 5.